The average Bonchev–Trinajstić information content (AvgIpc) is 2.69. The molecule has 28 heavy (non-hydrogen) atoms. The van der Waals surface area contributed by atoms with E-state index in [0.717, 1.165) is 5.56 Å². The highest BCUT2D eigenvalue weighted by Crippen LogP contribution is 2.27. The monoisotopic (exact) mass is 423 g/mol. The van der Waals surface area contributed by atoms with E-state index in [1.165, 1.54) is 16.6 Å². The first-order valence-electron chi connectivity index (χ1n) is 8.88. The summed E-state index contributed by atoms with van der Waals surface area (Å²) >= 11 is 5.80. The highest BCUT2D eigenvalue weighted by molar-refractivity contribution is 7.89. The highest BCUT2D eigenvalue weighted by atomic mass is 35.5. The second-order valence-corrected chi connectivity index (χ2v) is 9.06. The number of methoxy groups -OCH3 is 1. The Morgan fingerprint density at radius 1 is 1.32 bits per heavy atom. The van der Waals surface area contributed by atoms with E-state index in [1.807, 2.05) is 0 Å². The van der Waals surface area contributed by atoms with Crippen LogP contribution in [0.3, 0.4) is 0 Å². The van der Waals surface area contributed by atoms with Gasteiger partial charge in [0.25, 0.3) is 0 Å². The molecule has 150 valence electrons. The third kappa shape index (κ3) is 4.45. The Morgan fingerprint density at radius 2 is 2.11 bits per heavy atom. The van der Waals surface area contributed by atoms with Crippen molar-refractivity contribution in [2.45, 2.75) is 24.7 Å². The van der Waals surface area contributed by atoms with Gasteiger partial charge in [-0.15, -0.1) is 0 Å². The van der Waals surface area contributed by atoms with Gasteiger partial charge in [0, 0.05) is 19.3 Å². The number of pyridine rings is 1. The quantitative estimate of drug-likeness (QED) is 0.798. The lowest BCUT2D eigenvalue weighted by molar-refractivity contribution is -0.120. The van der Waals surface area contributed by atoms with E-state index >= 15 is 0 Å². The van der Waals surface area contributed by atoms with Crippen LogP contribution in [0, 0.1) is 12.8 Å². The molecule has 1 unspecified atom stereocenters. The van der Waals surface area contributed by atoms with Crippen molar-refractivity contribution in [2.24, 2.45) is 5.92 Å². The molecule has 1 aromatic carbocycles. The maximum Gasteiger partial charge on any atom is 0.243 e. The number of rotatable bonds is 5. The van der Waals surface area contributed by atoms with Gasteiger partial charge in [-0.1, -0.05) is 11.6 Å². The average molecular weight is 424 g/mol. The number of aryl methyl sites for hydroxylation is 1. The molecule has 0 bridgehead atoms. The van der Waals surface area contributed by atoms with Gasteiger partial charge >= 0.3 is 0 Å². The smallest absolute Gasteiger partial charge is 0.243 e. The van der Waals surface area contributed by atoms with E-state index < -0.39 is 15.9 Å². The molecule has 2 heterocycles. The van der Waals surface area contributed by atoms with Gasteiger partial charge < -0.3 is 10.1 Å². The van der Waals surface area contributed by atoms with Crippen LogP contribution in [0.25, 0.3) is 0 Å². The topological polar surface area (TPSA) is 88.6 Å². The summed E-state index contributed by atoms with van der Waals surface area (Å²) < 4.78 is 32.6. The zero-order valence-corrected chi connectivity index (χ0v) is 17.3. The molecule has 0 radical (unpaired) electrons. The maximum atomic E-state index is 13.0. The van der Waals surface area contributed by atoms with Crippen LogP contribution < -0.4 is 10.1 Å². The van der Waals surface area contributed by atoms with Crippen molar-refractivity contribution in [1.82, 2.24) is 9.29 Å². The number of hydrogen-bond donors (Lipinski definition) is 1. The van der Waals surface area contributed by atoms with Gasteiger partial charge in [0.1, 0.15) is 11.6 Å². The van der Waals surface area contributed by atoms with Gasteiger partial charge in [-0.3, -0.25) is 4.79 Å². The van der Waals surface area contributed by atoms with E-state index in [2.05, 4.69) is 10.3 Å². The van der Waals surface area contributed by atoms with Crippen LogP contribution >= 0.6 is 11.6 Å². The van der Waals surface area contributed by atoms with Gasteiger partial charge in [0.05, 0.1) is 22.9 Å². The minimum absolute atomic E-state index is 0.132. The molecule has 0 aliphatic carbocycles. The Morgan fingerprint density at radius 3 is 2.75 bits per heavy atom. The summed E-state index contributed by atoms with van der Waals surface area (Å²) in [7, 11) is -2.15. The fourth-order valence-electron chi connectivity index (χ4n) is 3.21. The summed E-state index contributed by atoms with van der Waals surface area (Å²) in [6.45, 7) is 2.31. The molecule has 0 spiro atoms. The lowest BCUT2D eigenvalue weighted by atomic mass is 9.99. The first-order valence-corrected chi connectivity index (χ1v) is 10.7. The Labute approximate surface area is 169 Å². The van der Waals surface area contributed by atoms with E-state index in [1.54, 1.807) is 38.3 Å². The number of nitrogens with one attached hydrogen (secondary N) is 1. The van der Waals surface area contributed by atoms with Crippen molar-refractivity contribution in [3.8, 4) is 5.75 Å². The zero-order valence-electron chi connectivity index (χ0n) is 15.7. The second-order valence-electron chi connectivity index (χ2n) is 6.68. The Balaban J connectivity index is 1.73. The number of halogens is 1. The minimum Gasteiger partial charge on any atom is -0.496 e. The predicted octanol–water partition coefficient (Wildman–Crippen LogP) is 3.09. The predicted molar refractivity (Wildman–Crippen MR) is 107 cm³/mol. The van der Waals surface area contributed by atoms with Crippen LogP contribution in [0.2, 0.25) is 5.02 Å². The SMILES string of the molecule is COc1ccc(S(=O)(=O)N2CCCC(C(=O)Nc3ccc(Cl)cn3)C2)cc1C. The van der Waals surface area contributed by atoms with Crippen molar-refractivity contribution in [2.75, 3.05) is 25.5 Å². The number of hydrogen-bond acceptors (Lipinski definition) is 5. The molecule has 1 amide bonds. The fourth-order valence-corrected chi connectivity index (χ4v) is 4.93. The summed E-state index contributed by atoms with van der Waals surface area (Å²) in [5.74, 6) is 0.325. The van der Waals surface area contributed by atoms with E-state index in [9.17, 15) is 13.2 Å². The fraction of sp³-hybridized carbons (Fsp3) is 0.368. The number of nitrogens with zero attached hydrogens (tertiary/aromatic N) is 2. The number of carbonyl (C=O) groups excluding carboxylic acids is 1. The van der Waals surface area contributed by atoms with Crippen molar-refractivity contribution in [1.29, 1.82) is 0 Å². The molecule has 2 aromatic rings. The molecule has 3 rings (SSSR count). The largest absolute Gasteiger partial charge is 0.496 e. The number of aromatic nitrogens is 1. The Kier molecular flexibility index (Phi) is 6.22. The third-order valence-corrected chi connectivity index (χ3v) is 6.82. The van der Waals surface area contributed by atoms with Crippen LogP contribution in [0.5, 0.6) is 5.75 Å². The maximum absolute atomic E-state index is 13.0. The minimum atomic E-state index is -3.69. The summed E-state index contributed by atoms with van der Waals surface area (Å²) in [6, 6.07) is 8.01. The summed E-state index contributed by atoms with van der Waals surface area (Å²) in [5, 5.41) is 3.20. The van der Waals surface area contributed by atoms with E-state index in [0.29, 0.717) is 36.0 Å². The van der Waals surface area contributed by atoms with Gasteiger partial charge in [-0.2, -0.15) is 4.31 Å². The summed E-state index contributed by atoms with van der Waals surface area (Å²) in [5.41, 5.74) is 0.740. The molecular formula is C19H22ClN3O4S. The molecule has 1 aromatic heterocycles. The number of amides is 1. The Bertz CT molecular complexity index is 964. The highest BCUT2D eigenvalue weighted by Gasteiger charge is 2.33. The molecule has 7 nitrogen and oxygen atoms in total. The summed E-state index contributed by atoms with van der Waals surface area (Å²) in [6.07, 6.45) is 2.67. The first kappa shape index (κ1) is 20.6. The van der Waals surface area contributed by atoms with E-state index in [-0.39, 0.29) is 17.3 Å². The van der Waals surface area contributed by atoms with Gasteiger partial charge in [0.15, 0.2) is 0 Å². The molecule has 1 N–H and O–H groups in total. The van der Waals surface area contributed by atoms with Gasteiger partial charge in [0.2, 0.25) is 15.9 Å². The Hall–Kier alpha value is -2.16. The van der Waals surface area contributed by atoms with Crippen molar-refractivity contribution < 1.29 is 17.9 Å². The number of ether oxygens (including phenoxy) is 1. The molecule has 0 saturated carbocycles. The third-order valence-electron chi connectivity index (χ3n) is 4.74. The zero-order chi connectivity index (χ0) is 20.3. The summed E-state index contributed by atoms with van der Waals surface area (Å²) in [4.78, 5) is 16.8. The number of anilines is 1. The molecule has 1 fully saturated rings. The van der Waals surface area contributed by atoms with Crippen molar-refractivity contribution in [3.63, 3.8) is 0 Å². The lowest BCUT2D eigenvalue weighted by Crippen LogP contribution is -2.43. The number of benzene rings is 1. The van der Waals surface area contributed by atoms with Crippen LogP contribution in [0.1, 0.15) is 18.4 Å². The number of carbonyl (C=O) groups is 1. The van der Waals surface area contributed by atoms with Crippen LogP contribution in [0.15, 0.2) is 41.4 Å². The molecule has 1 aliphatic rings. The van der Waals surface area contributed by atoms with Crippen molar-refractivity contribution in [3.05, 3.63) is 47.1 Å². The van der Waals surface area contributed by atoms with Crippen LogP contribution in [-0.2, 0) is 14.8 Å². The molecule has 1 saturated heterocycles. The van der Waals surface area contributed by atoms with Crippen LogP contribution in [-0.4, -0.2) is 43.8 Å². The molecular weight excluding hydrogens is 402 g/mol. The van der Waals surface area contributed by atoms with Crippen molar-refractivity contribution >= 4 is 33.3 Å². The van der Waals surface area contributed by atoms with Gasteiger partial charge in [-0.05, 0) is 55.7 Å². The lowest BCUT2D eigenvalue weighted by Gasteiger charge is -2.31. The molecule has 1 atom stereocenters. The van der Waals surface area contributed by atoms with E-state index in [4.69, 9.17) is 16.3 Å². The molecule has 9 heteroatoms. The van der Waals surface area contributed by atoms with Gasteiger partial charge in [-0.25, -0.2) is 13.4 Å². The standard InChI is InChI=1S/C19H22ClN3O4S/c1-13-10-16(6-7-17(13)27-2)28(25,26)23-9-3-4-14(12-23)19(24)22-18-8-5-15(20)11-21-18/h5-8,10-11,14H,3-4,9,12H2,1-2H3,(H,21,22,24). The first-order chi connectivity index (χ1) is 13.3. The normalized spacial score (nSPS) is 17.9. The van der Waals surface area contributed by atoms with Crippen LogP contribution in [0.4, 0.5) is 5.82 Å². The second kappa shape index (κ2) is 8.46. The number of piperidine rings is 1. The number of sulfonamides is 1. The molecule has 1 aliphatic heterocycles.